The van der Waals surface area contributed by atoms with Gasteiger partial charge in [0.25, 0.3) is 0 Å². The molecule has 0 aromatic heterocycles. The maximum absolute atomic E-state index is 11.0. The van der Waals surface area contributed by atoms with E-state index in [1.807, 2.05) is 38.1 Å². The minimum Gasteiger partial charge on any atom is -0.491 e. The summed E-state index contributed by atoms with van der Waals surface area (Å²) in [5.41, 5.74) is 0.960. The van der Waals surface area contributed by atoms with Gasteiger partial charge in [0.2, 0.25) is 0 Å². The fourth-order valence-corrected chi connectivity index (χ4v) is 1.68. The van der Waals surface area contributed by atoms with Crippen molar-refractivity contribution >= 4 is 18.5 Å². The molecule has 0 radical (unpaired) electrons. The maximum atomic E-state index is 11.0. The van der Waals surface area contributed by atoms with Gasteiger partial charge >= 0.3 is 6.09 Å². The van der Waals surface area contributed by atoms with Crippen LogP contribution in [0, 0.1) is 0 Å². The highest BCUT2D eigenvalue weighted by atomic mass is 35.5. The van der Waals surface area contributed by atoms with E-state index in [9.17, 15) is 4.79 Å². The molecule has 1 fully saturated rings. The summed E-state index contributed by atoms with van der Waals surface area (Å²) in [5, 5.41) is 2.74. The average Bonchev–Trinajstić information content (AvgIpc) is 2.65. The van der Waals surface area contributed by atoms with Crippen LogP contribution in [-0.2, 0) is 4.74 Å². The molecule has 4 nitrogen and oxygen atoms in total. The lowest BCUT2D eigenvalue weighted by atomic mass is 10.1. The topological polar surface area (TPSA) is 47.6 Å². The smallest absolute Gasteiger partial charge is 0.407 e. The first-order valence-corrected chi connectivity index (χ1v) is 5.35. The van der Waals surface area contributed by atoms with Gasteiger partial charge in [-0.2, -0.15) is 0 Å². The van der Waals surface area contributed by atoms with Gasteiger partial charge in [-0.3, -0.25) is 0 Å². The van der Waals surface area contributed by atoms with Gasteiger partial charge in [0.15, 0.2) is 0 Å². The van der Waals surface area contributed by atoms with Crippen LogP contribution in [0.5, 0.6) is 5.75 Å². The van der Waals surface area contributed by atoms with Gasteiger partial charge in [0, 0.05) is 5.56 Å². The molecule has 2 rings (SSSR count). The predicted molar refractivity (Wildman–Crippen MR) is 66.7 cm³/mol. The highest BCUT2D eigenvalue weighted by Gasteiger charge is 2.26. The molecule has 1 heterocycles. The average molecular weight is 258 g/mol. The van der Waals surface area contributed by atoms with Gasteiger partial charge < -0.3 is 14.8 Å². The molecule has 1 amide bonds. The molecule has 0 saturated carbocycles. The summed E-state index contributed by atoms with van der Waals surface area (Å²) in [6.07, 6.45) is -0.261. The van der Waals surface area contributed by atoms with Crippen LogP contribution in [0.4, 0.5) is 4.79 Å². The number of nitrogens with one attached hydrogen (secondary N) is 1. The summed E-state index contributed by atoms with van der Waals surface area (Å²) >= 11 is 0. The minimum atomic E-state index is -0.371. The molecule has 1 aliphatic heterocycles. The molecular weight excluding hydrogens is 242 g/mol. The number of rotatable bonds is 3. The van der Waals surface area contributed by atoms with Crippen molar-refractivity contribution in [2.75, 3.05) is 6.61 Å². The SMILES string of the molecule is CC(C)Oc1ccccc1[C@H]1COC(=O)N1.Cl. The second kappa shape index (κ2) is 5.77. The summed E-state index contributed by atoms with van der Waals surface area (Å²) in [5.74, 6) is 0.799. The standard InChI is InChI=1S/C12H15NO3.ClH/c1-8(2)16-11-6-4-3-5-9(11)10-7-15-12(14)13-10;/h3-6,8,10H,7H2,1-2H3,(H,13,14);1H/t10-;/m1./s1. The Bertz CT molecular complexity index is 395. The van der Waals surface area contributed by atoms with E-state index in [0.29, 0.717) is 6.61 Å². The van der Waals surface area contributed by atoms with Crippen LogP contribution in [0.2, 0.25) is 0 Å². The highest BCUT2D eigenvalue weighted by molar-refractivity contribution is 5.85. The number of hydrogen-bond donors (Lipinski definition) is 1. The van der Waals surface area contributed by atoms with Crippen LogP contribution in [0.3, 0.4) is 0 Å². The number of carbonyl (C=O) groups is 1. The molecule has 0 aliphatic carbocycles. The predicted octanol–water partition coefficient (Wildman–Crippen LogP) is 2.68. The van der Waals surface area contributed by atoms with Crippen molar-refractivity contribution in [1.82, 2.24) is 5.32 Å². The molecular formula is C12H16ClNO3. The number of cyclic esters (lactones) is 1. The van der Waals surface area contributed by atoms with Gasteiger partial charge in [-0.25, -0.2) is 4.79 Å². The van der Waals surface area contributed by atoms with Gasteiger partial charge in [-0.05, 0) is 19.9 Å². The second-order valence-corrected chi connectivity index (χ2v) is 4.00. The third kappa shape index (κ3) is 3.27. The lowest BCUT2D eigenvalue weighted by Crippen LogP contribution is -2.19. The molecule has 17 heavy (non-hydrogen) atoms. The largest absolute Gasteiger partial charge is 0.491 e. The summed E-state index contributed by atoms with van der Waals surface area (Å²) in [7, 11) is 0. The summed E-state index contributed by atoms with van der Waals surface area (Å²) in [6, 6.07) is 7.57. The zero-order valence-electron chi connectivity index (χ0n) is 9.80. The summed E-state index contributed by atoms with van der Waals surface area (Å²) < 4.78 is 10.6. The first-order valence-electron chi connectivity index (χ1n) is 5.35. The molecule has 94 valence electrons. The number of ether oxygens (including phenoxy) is 2. The second-order valence-electron chi connectivity index (χ2n) is 4.00. The fraction of sp³-hybridized carbons (Fsp3) is 0.417. The first-order chi connectivity index (χ1) is 7.66. The van der Waals surface area contributed by atoms with E-state index in [-0.39, 0.29) is 30.6 Å². The Morgan fingerprint density at radius 2 is 2.12 bits per heavy atom. The molecule has 1 N–H and O–H groups in total. The van der Waals surface area contributed by atoms with Crippen molar-refractivity contribution in [3.63, 3.8) is 0 Å². The Balaban J connectivity index is 0.00000144. The van der Waals surface area contributed by atoms with E-state index < -0.39 is 0 Å². The molecule has 5 heteroatoms. The molecule has 1 atom stereocenters. The van der Waals surface area contributed by atoms with E-state index in [0.717, 1.165) is 11.3 Å². The number of carbonyl (C=O) groups excluding carboxylic acids is 1. The third-order valence-electron chi connectivity index (χ3n) is 2.33. The van der Waals surface area contributed by atoms with Crippen LogP contribution < -0.4 is 10.1 Å². The zero-order chi connectivity index (χ0) is 11.5. The zero-order valence-corrected chi connectivity index (χ0v) is 10.6. The summed E-state index contributed by atoms with van der Waals surface area (Å²) in [6.45, 7) is 4.30. The van der Waals surface area contributed by atoms with E-state index >= 15 is 0 Å². The Labute approximate surface area is 107 Å². The monoisotopic (exact) mass is 257 g/mol. The van der Waals surface area contributed by atoms with Crippen LogP contribution in [0.25, 0.3) is 0 Å². The van der Waals surface area contributed by atoms with Crippen molar-refractivity contribution in [3.8, 4) is 5.75 Å². The van der Waals surface area contributed by atoms with Crippen LogP contribution >= 0.6 is 12.4 Å². The maximum Gasteiger partial charge on any atom is 0.407 e. The Kier molecular flexibility index (Phi) is 4.63. The summed E-state index contributed by atoms with van der Waals surface area (Å²) in [4.78, 5) is 11.0. The number of para-hydroxylation sites is 1. The van der Waals surface area contributed by atoms with E-state index in [4.69, 9.17) is 9.47 Å². The van der Waals surface area contributed by atoms with Gasteiger partial charge in [0.05, 0.1) is 12.1 Å². The first kappa shape index (κ1) is 13.6. The minimum absolute atomic E-state index is 0. The Morgan fingerprint density at radius 3 is 2.71 bits per heavy atom. The third-order valence-corrected chi connectivity index (χ3v) is 2.33. The van der Waals surface area contributed by atoms with Gasteiger partial charge in [-0.1, -0.05) is 18.2 Å². The Hall–Kier alpha value is -1.42. The molecule has 0 unspecified atom stereocenters. The fourth-order valence-electron chi connectivity index (χ4n) is 1.68. The normalized spacial score (nSPS) is 18.3. The lowest BCUT2D eigenvalue weighted by Gasteiger charge is -2.16. The molecule has 0 spiro atoms. The molecule has 1 saturated heterocycles. The van der Waals surface area contributed by atoms with Gasteiger partial charge in [0.1, 0.15) is 12.4 Å². The number of amides is 1. The van der Waals surface area contributed by atoms with Crippen molar-refractivity contribution in [3.05, 3.63) is 29.8 Å². The van der Waals surface area contributed by atoms with Crippen molar-refractivity contribution in [1.29, 1.82) is 0 Å². The number of halogens is 1. The highest BCUT2D eigenvalue weighted by Crippen LogP contribution is 2.28. The van der Waals surface area contributed by atoms with E-state index in [2.05, 4.69) is 5.32 Å². The molecule has 1 aromatic rings. The van der Waals surface area contributed by atoms with Gasteiger partial charge in [-0.15, -0.1) is 12.4 Å². The van der Waals surface area contributed by atoms with Crippen LogP contribution in [0.15, 0.2) is 24.3 Å². The van der Waals surface area contributed by atoms with E-state index in [1.54, 1.807) is 0 Å². The Morgan fingerprint density at radius 1 is 1.41 bits per heavy atom. The van der Waals surface area contributed by atoms with Crippen molar-refractivity contribution < 1.29 is 14.3 Å². The van der Waals surface area contributed by atoms with Crippen LogP contribution in [-0.4, -0.2) is 18.8 Å². The van der Waals surface area contributed by atoms with Crippen molar-refractivity contribution in [2.24, 2.45) is 0 Å². The molecule has 1 aliphatic rings. The van der Waals surface area contributed by atoms with Crippen LogP contribution in [0.1, 0.15) is 25.5 Å². The van der Waals surface area contributed by atoms with E-state index in [1.165, 1.54) is 0 Å². The molecule has 1 aromatic carbocycles. The van der Waals surface area contributed by atoms with Crippen molar-refractivity contribution in [2.45, 2.75) is 26.0 Å². The number of benzene rings is 1. The lowest BCUT2D eigenvalue weighted by molar-refractivity contribution is 0.176. The quantitative estimate of drug-likeness (QED) is 0.906. The number of hydrogen-bond acceptors (Lipinski definition) is 3. The molecule has 0 bridgehead atoms. The number of alkyl carbamates (subject to hydrolysis) is 1.